The first kappa shape index (κ1) is 17.7. The van der Waals surface area contributed by atoms with Crippen LogP contribution < -0.4 is 5.32 Å². The standard InChI is InChI=1S/C18H22N2O4/c1-12(15-7-5-4-6-8-15)19-17(21)11-23-18(22)10-9-16-13(2)20-24-14(16)3/h4-8,12H,9-11H2,1-3H3,(H,19,21)/t12-/m0/s1. The summed E-state index contributed by atoms with van der Waals surface area (Å²) in [5, 5.41) is 6.64. The first-order valence-electron chi connectivity index (χ1n) is 7.89. The number of nitrogens with one attached hydrogen (secondary N) is 1. The fraction of sp³-hybridized carbons (Fsp3) is 0.389. The van der Waals surface area contributed by atoms with Crippen molar-refractivity contribution in [3.63, 3.8) is 0 Å². The lowest BCUT2D eigenvalue weighted by atomic mass is 10.1. The van der Waals surface area contributed by atoms with E-state index in [1.165, 1.54) is 0 Å². The van der Waals surface area contributed by atoms with Gasteiger partial charge in [0.05, 0.1) is 11.7 Å². The number of hydrogen-bond donors (Lipinski definition) is 1. The number of nitrogens with zero attached hydrogens (tertiary/aromatic N) is 1. The van der Waals surface area contributed by atoms with E-state index in [1.807, 2.05) is 44.2 Å². The zero-order chi connectivity index (χ0) is 17.5. The average molecular weight is 330 g/mol. The Bertz CT molecular complexity index is 675. The highest BCUT2D eigenvalue weighted by atomic mass is 16.5. The number of aryl methyl sites for hydroxylation is 2. The van der Waals surface area contributed by atoms with E-state index in [0.717, 1.165) is 16.8 Å². The maximum atomic E-state index is 11.9. The van der Waals surface area contributed by atoms with Crippen molar-refractivity contribution in [1.29, 1.82) is 0 Å². The van der Waals surface area contributed by atoms with E-state index in [-0.39, 0.29) is 25.0 Å². The highest BCUT2D eigenvalue weighted by molar-refractivity contribution is 5.80. The number of rotatable bonds is 7. The van der Waals surface area contributed by atoms with Gasteiger partial charge in [0.25, 0.3) is 5.91 Å². The molecule has 1 amide bonds. The first-order valence-corrected chi connectivity index (χ1v) is 7.89. The molecule has 1 N–H and O–H groups in total. The summed E-state index contributed by atoms with van der Waals surface area (Å²) in [7, 11) is 0. The second-order valence-electron chi connectivity index (χ2n) is 5.66. The predicted molar refractivity (Wildman–Crippen MR) is 88.3 cm³/mol. The molecule has 0 aliphatic heterocycles. The molecule has 0 fully saturated rings. The van der Waals surface area contributed by atoms with Gasteiger partial charge in [-0.05, 0) is 32.8 Å². The number of hydrogen-bond acceptors (Lipinski definition) is 5. The molecule has 0 radical (unpaired) electrons. The van der Waals surface area contributed by atoms with Crippen molar-refractivity contribution in [2.75, 3.05) is 6.61 Å². The fourth-order valence-electron chi connectivity index (χ4n) is 2.41. The zero-order valence-electron chi connectivity index (χ0n) is 14.2. The maximum Gasteiger partial charge on any atom is 0.306 e. The van der Waals surface area contributed by atoms with Gasteiger partial charge < -0.3 is 14.6 Å². The van der Waals surface area contributed by atoms with Gasteiger partial charge in [-0.3, -0.25) is 9.59 Å². The molecule has 128 valence electrons. The van der Waals surface area contributed by atoms with Crippen LogP contribution in [0.5, 0.6) is 0 Å². The van der Waals surface area contributed by atoms with Crippen molar-refractivity contribution in [2.45, 2.75) is 39.7 Å². The normalized spacial score (nSPS) is 11.8. The Balaban J connectivity index is 1.72. The third-order valence-corrected chi connectivity index (χ3v) is 3.80. The molecule has 1 aromatic carbocycles. The van der Waals surface area contributed by atoms with Crippen LogP contribution in [-0.4, -0.2) is 23.6 Å². The van der Waals surface area contributed by atoms with Crippen molar-refractivity contribution in [3.8, 4) is 0 Å². The van der Waals surface area contributed by atoms with Crippen LogP contribution in [-0.2, 0) is 20.7 Å². The molecule has 2 aromatic rings. The first-order chi connectivity index (χ1) is 11.5. The Morgan fingerprint density at radius 3 is 2.58 bits per heavy atom. The van der Waals surface area contributed by atoms with Crippen molar-refractivity contribution >= 4 is 11.9 Å². The van der Waals surface area contributed by atoms with Crippen LogP contribution in [0.1, 0.15) is 42.0 Å². The maximum absolute atomic E-state index is 11.9. The molecule has 0 unspecified atom stereocenters. The lowest BCUT2D eigenvalue weighted by molar-refractivity contribution is -0.148. The van der Waals surface area contributed by atoms with Crippen molar-refractivity contribution in [2.24, 2.45) is 0 Å². The van der Waals surface area contributed by atoms with Crippen LogP contribution in [0.2, 0.25) is 0 Å². The van der Waals surface area contributed by atoms with Crippen LogP contribution in [0.25, 0.3) is 0 Å². The lowest BCUT2D eigenvalue weighted by Crippen LogP contribution is -2.31. The second-order valence-corrected chi connectivity index (χ2v) is 5.66. The summed E-state index contributed by atoms with van der Waals surface area (Å²) in [6, 6.07) is 9.46. The number of amides is 1. The van der Waals surface area contributed by atoms with Gasteiger partial charge in [-0.2, -0.15) is 0 Å². The van der Waals surface area contributed by atoms with Crippen LogP contribution in [0.3, 0.4) is 0 Å². The molecule has 0 aliphatic rings. The molecule has 24 heavy (non-hydrogen) atoms. The molecule has 0 aliphatic carbocycles. The highest BCUT2D eigenvalue weighted by Crippen LogP contribution is 2.14. The van der Waals surface area contributed by atoms with Gasteiger partial charge in [-0.25, -0.2) is 0 Å². The van der Waals surface area contributed by atoms with Gasteiger partial charge in [0, 0.05) is 12.0 Å². The summed E-state index contributed by atoms with van der Waals surface area (Å²) in [6.07, 6.45) is 0.673. The third kappa shape index (κ3) is 4.94. The van der Waals surface area contributed by atoms with Crippen LogP contribution in [0.4, 0.5) is 0 Å². The van der Waals surface area contributed by atoms with E-state index in [1.54, 1.807) is 6.92 Å². The van der Waals surface area contributed by atoms with E-state index in [2.05, 4.69) is 10.5 Å². The summed E-state index contributed by atoms with van der Waals surface area (Å²) in [5.74, 6) is -0.0377. The largest absolute Gasteiger partial charge is 0.456 e. The SMILES string of the molecule is Cc1noc(C)c1CCC(=O)OCC(=O)N[C@@H](C)c1ccccc1. The third-order valence-electron chi connectivity index (χ3n) is 3.80. The number of carbonyl (C=O) groups excluding carboxylic acids is 2. The lowest BCUT2D eigenvalue weighted by Gasteiger charge is -2.14. The Morgan fingerprint density at radius 1 is 1.25 bits per heavy atom. The molecule has 6 nitrogen and oxygen atoms in total. The van der Waals surface area contributed by atoms with Crippen molar-refractivity contribution in [1.82, 2.24) is 10.5 Å². The molecular formula is C18H22N2O4. The zero-order valence-corrected chi connectivity index (χ0v) is 14.2. The Morgan fingerprint density at radius 2 is 1.96 bits per heavy atom. The average Bonchev–Trinajstić information content (AvgIpc) is 2.90. The van der Waals surface area contributed by atoms with Gasteiger partial charge in [-0.1, -0.05) is 35.5 Å². The smallest absolute Gasteiger partial charge is 0.306 e. The predicted octanol–water partition coefficient (Wildman–Crippen LogP) is 2.64. The highest BCUT2D eigenvalue weighted by Gasteiger charge is 2.14. The van der Waals surface area contributed by atoms with E-state index >= 15 is 0 Å². The molecule has 0 bridgehead atoms. The minimum atomic E-state index is -0.419. The number of ether oxygens (including phenoxy) is 1. The summed E-state index contributed by atoms with van der Waals surface area (Å²) >= 11 is 0. The molecule has 1 heterocycles. The van der Waals surface area contributed by atoms with Crippen molar-refractivity contribution < 1.29 is 18.8 Å². The Kier molecular flexibility index (Phi) is 6.12. The molecule has 1 atom stereocenters. The van der Waals surface area contributed by atoms with Gasteiger partial charge in [0.1, 0.15) is 5.76 Å². The number of esters is 1. The van der Waals surface area contributed by atoms with Crippen LogP contribution >= 0.6 is 0 Å². The number of carbonyl (C=O) groups is 2. The van der Waals surface area contributed by atoms with Crippen LogP contribution in [0, 0.1) is 13.8 Å². The summed E-state index contributed by atoms with van der Waals surface area (Å²) < 4.78 is 10.1. The Hall–Kier alpha value is -2.63. The minimum absolute atomic E-state index is 0.139. The van der Waals surface area contributed by atoms with Gasteiger partial charge in [0.2, 0.25) is 0 Å². The van der Waals surface area contributed by atoms with E-state index in [4.69, 9.17) is 9.26 Å². The van der Waals surface area contributed by atoms with Gasteiger partial charge in [-0.15, -0.1) is 0 Å². The molecule has 0 saturated carbocycles. The molecular weight excluding hydrogens is 308 g/mol. The van der Waals surface area contributed by atoms with Crippen LogP contribution in [0.15, 0.2) is 34.9 Å². The molecule has 6 heteroatoms. The fourth-order valence-corrected chi connectivity index (χ4v) is 2.41. The van der Waals surface area contributed by atoms with Crippen molar-refractivity contribution in [3.05, 3.63) is 52.9 Å². The van der Waals surface area contributed by atoms with E-state index in [0.29, 0.717) is 12.2 Å². The van der Waals surface area contributed by atoms with E-state index in [9.17, 15) is 9.59 Å². The molecule has 1 aromatic heterocycles. The monoisotopic (exact) mass is 330 g/mol. The van der Waals surface area contributed by atoms with Gasteiger partial charge in [0.15, 0.2) is 6.61 Å². The Labute approximate surface area is 141 Å². The molecule has 0 spiro atoms. The van der Waals surface area contributed by atoms with E-state index < -0.39 is 5.97 Å². The summed E-state index contributed by atoms with van der Waals surface area (Å²) in [6.45, 7) is 5.23. The summed E-state index contributed by atoms with van der Waals surface area (Å²) in [5.41, 5.74) is 2.68. The molecule has 2 rings (SSSR count). The number of benzene rings is 1. The van der Waals surface area contributed by atoms with Gasteiger partial charge >= 0.3 is 5.97 Å². The molecule has 0 saturated heterocycles. The topological polar surface area (TPSA) is 81.4 Å². The quantitative estimate of drug-likeness (QED) is 0.789. The number of aromatic nitrogens is 1. The minimum Gasteiger partial charge on any atom is -0.456 e. The summed E-state index contributed by atoms with van der Waals surface area (Å²) in [4.78, 5) is 23.6. The second kappa shape index (κ2) is 8.29.